The fraction of sp³-hybridized carbons (Fsp3) is 0.364. The molecule has 0 saturated heterocycles. The minimum Gasteiger partial charge on any atom is -0.375 e. The summed E-state index contributed by atoms with van der Waals surface area (Å²) in [4.78, 5) is 12.6. The van der Waals surface area contributed by atoms with E-state index in [1.807, 2.05) is 31.3 Å². The van der Waals surface area contributed by atoms with Gasteiger partial charge in [0.05, 0.1) is 0 Å². The van der Waals surface area contributed by atoms with E-state index in [0.29, 0.717) is 12.1 Å². The van der Waals surface area contributed by atoms with Crippen LogP contribution in [0.15, 0.2) is 24.3 Å². The van der Waals surface area contributed by atoms with Crippen molar-refractivity contribution in [2.24, 2.45) is 5.73 Å². The molecule has 1 aromatic carbocycles. The zero-order chi connectivity index (χ0) is 10.4. The van der Waals surface area contributed by atoms with Crippen molar-refractivity contribution in [3.8, 4) is 0 Å². The molecule has 3 nitrogen and oxygen atoms in total. The first kappa shape index (κ1) is 10.7. The van der Waals surface area contributed by atoms with Crippen LogP contribution < -0.4 is 10.6 Å². The molecule has 76 valence electrons. The quantitative estimate of drug-likeness (QED) is 0.715. The monoisotopic (exact) mass is 192 g/mol. The Balaban J connectivity index is 2.61. The van der Waals surface area contributed by atoms with Crippen LogP contribution in [-0.4, -0.2) is 26.4 Å². The van der Waals surface area contributed by atoms with E-state index in [0.717, 1.165) is 24.9 Å². The molecule has 14 heavy (non-hydrogen) atoms. The van der Waals surface area contributed by atoms with Gasteiger partial charge in [-0.1, -0.05) is 0 Å². The molecule has 2 N–H and O–H groups in total. The van der Waals surface area contributed by atoms with Gasteiger partial charge in [-0.3, -0.25) is 4.79 Å². The van der Waals surface area contributed by atoms with E-state index in [1.54, 1.807) is 0 Å². The summed E-state index contributed by atoms with van der Waals surface area (Å²) in [6, 6.07) is 7.53. The second-order valence-corrected chi connectivity index (χ2v) is 3.27. The largest absolute Gasteiger partial charge is 0.375 e. The van der Waals surface area contributed by atoms with Crippen LogP contribution in [0.3, 0.4) is 0 Å². The van der Waals surface area contributed by atoms with Gasteiger partial charge in [-0.25, -0.2) is 0 Å². The first-order valence-corrected chi connectivity index (χ1v) is 4.74. The van der Waals surface area contributed by atoms with Gasteiger partial charge in [-0.05, 0) is 37.2 Å². The lowest BCUT2D eigenvalue weighted by Gasteiger charge is -2.18. The van der Waals surface area contributed by atoms with Crippen molar-refractivity contribution in [1.29, 1.82) is 0 Å². The number of nitrogens with two attached hydrogens (primary N) is 1. The Bertz CT molecular complexity index is 282. The van der Waals surface area contributed by atoms with Crippen LogP contribution in [0.25, 0.3) is 0 Å². The third-order valence-corrected chi connectivity index (χ3v) is 2.17. The van der Waals surface area contributed by atoms with Crippen LogP contribution >= 0.6 is 0 Å². The second kappa shape index (κ2) is 5.40. The molecule has 0 fully saturated rings. The average molecular weight is 192 g/mol. The SMILES string of the molecule is CN(CCCN)c1ccc(C=O)cc1. The zero-order valence-corrected chi connectivity index (χ0v) is 8.44. The molecule has 0 aliphatic heterocycles. The zero-order valence-electron chi connectivity index (χ0n) is 8.44. The highest BCUT2D eigenvalue weighted by molar-refractivity contribution is 5.75. The van der Waals surface area contributed by atoms with E-state index >= 15 is 0 Å². The number of aldehydes is 1. The Morgan fingerprint density at radius 1 is 1.36 bits per heavy atom. The lowest BCUT2D eigenvalue weighted by Crippen LogP contribution is -2.20. The molecule has 0 radical (unpaired) electrons. The Hall–Kier alpha value is -1.35. The topological polar surface area (TPSA) is 46.3 Å². The number of benzene rings is 1. The van der Waals surface area contributed by atoms with Gasteiger partial charge < -0.3 is 10.6 Å². The van der Waals surface area contributed by atoms with Gasteiger partial charge in [0.25, 0.3) is 0 Å². The van der Waals surface area contributed by atoms with Gasteiger partial charge in [0.1, 0.15) is 6.29 Å². The number of rotatable bonds is 5. The highest BCUT2D eigenvalue weighted by atomic mass is 16.1. The fourth-order valence-electron chi connectivity index (χ4n) is 1.26. The van der Waals surface area contributed by atoms with Crippen LogP contribution in [0.4, 0.5) is 5.69 Å². The third-order valence-electron chi connectivity index (χ3n) is 2.17. The highest BCUT2D eigenvalue weighted by Crippen LogP contribution is 2.12. The van der Waals surface area contributed by atoms with Crippen molar-refractivity contribution in [3.63, 3.8) is 0 Å². The normalized spacial score (nSPS) is 9.86. The molecule has 0 bridgehead atoms. The molecule has 0 heterocycles. The molecule has 0 aromatic heterocycles. The summed E-state index contributed by atoms with van der Waals surface area (Å²) in [5, 5.41) is 0. The van der Waals surface area contributed by atoms with Crippen molar-refractivity contribution in [3.05, 3.63) is 29.8 Å². The molecule has 0 atom stereocenters. The molecule has 3 heteroatoms. The van der Waals surface area contributed by atoms with Crippen LogP contribution in [-0.2, 0) is 0 Å². The molecule has 0 spiro atoms. The van der Waals surface area contributed by atoms with Gasteiger partial charge in [0, 0.05) is 24.8 Å². The number of anilines is 1. The average Bonchev–Trinajstić information content (AvgIpc) is 2.26. The first-order chi connectivity index (χ1) is 6.77. The van der Waals surface area contributed by atoms with E-state index in [9.17, 15) is 4.79 Å². The molecule has 0 amide bonds. The number of hydrogen-bond acceptors (Lipinski definition) is 3. The van der Waals surface area contributed by atoms with Crippen molar-refractivity contribution in [2.45, 2.75) is 6.42 Å². The Labute approximate surface area is 84.5 Å². The van der Waals surface area contributed by atoms with Crippen LogP contribution in [0.1, 0.15) is 16.8 Å². The maximum absolute atomic E-state index is 10.4. The van der Waals surface area contributed by atoms with E-state index in [2.05, 4.69) is 4.90 Å². The molecular weight excluding hydrogens is 176 g/mol. The van der Waals surface area contributed by atoms with Gasteiger partial charge in [-0.2, -0.15) is 0 Å². The lowest BCUT2D eigenvalue weighted by molar-refractivity contribution is 0.112. The molecule has 1 aromatic rings. The smallest absolute Gasteiger partial charge is 0.150 e. The summed E-state index contributed by atoms with van der Waals surface area (Å²) < 4.78 is 0. The maximum atomic E-state index is 10.4. The molecule has 0 saturated carbocycles. The maximum Gasteiger partial charge on any atom is 0.150 e. The summed E-state index contributed by atoms with van der Waals surface area (Å²) in [5.41, 5.74) is 7.25. The standard InChI is InChI=1S/C11H16N2O/c1-13(8-2-7-12)11-5-3-10(9-14)4-6-11/h3-6,9H,2,7-8,12H2,1H3. The molecular formula is C11H16N2O. The third kappa shape index (κ3) is 2.85. The lowest BCUT2D eigenvalue weighted by atomic mass is 10.2. The van der Waals surface area contributed by atoms with E-state index in [1.165, 1.54) is 0 Å². The Morgan fingerprint density at radius 2 is 2.00 bits per heavy atom. The summed E-state index contributed by atoms with van der Waals surface area (Å²) in [6.07, 6.45) is 1.83. The number of carbonyl (C=O) groups excluding carboxylic acids is 1. The minimum atomic E-state index is 0.705. The van der Waals surface area contributed by atoms with Gasteiger partial charge >= 0.3 is 0 Å². The summed E-state index contributed by atoms with van der Waals surface area (Å²) in [5.74, 6) is 0. The van der Waals surface area contributed by atoms with E-state index < -0.39 is 0 Å². The first-order valence-electron chi connectivity index (χ1n) is 4.74. The van der Waals surface area contributed by atoms with E-state index in [-0.39, 0.29) is 0 Å². The Kier molecular flexibility index (Phi) is 4.13. The Morgan fingerprint density at radius 3 is 2.50 bits per heavy atom. The molecule has 1 rings (SSSR count). The predicted molar refractivity (Wildman–Crippen MR) is 58.8 cm³/mol. The fourth-order valence-corrected chi connectivity index (χ4v) is 1.26. The van der Waals surface area contributed by atoms with Crippen molar-refractivity contribution in [2.75, 3.05) is 25.0 Å². The molecule has 0 unspecified atom stereocenters. The van der Waals surface area contributed by atoms with Crippen molar-refractivity contribution < 1.29 is 4.79 Å². The summed E-state index contributed by atoms with van der Waals surface area (Å²) >= 11 is 0. The highest BCUT2D eigenvalue weighted by Gasteiger charge is 1.99. The predicted octanol–water partition coefficient (Wildman–Crippen LogP) is 1.28. The number of hydrogen-bond donors (Lipinski definition) is 1. The van der Waals surface area contributed by atoms with Crippen molar-refractivity contribution in [1.82, 2.24) is 0 Å². The van der Waals surface area contributed by atoms with Gasteiger partial charge in [0.2, 0.25) is 0 Å². The summed E-state index contributed by atoms with van der Waals surface area (Å²) in [6.45, 7) is 1.65. The van der Waals surface area contributed by atoms with Crippen molar-refractivity contribution >= 4 is 12.0 Å². The van der Waals surface area contributed by atoms with E-state index in [4.69, 9.17) is 5.73 Å². The van der Waals surface area contributed by atoms with Crippen LogP contribution in [0.2, 0.25) is 0 Å². The summed E-state index contributed by atoms with van der Waals surface area (Å²) in [7, 11) is 2.02. The van der Waals surface area contributed by atoms with Gasteiger partial charge in [0.15, 0.2) is 0 Å². The van der Waals surface area contributed by atoms with Crippen LogP contribution in [0, 0.1) is 0 Å². The molecule has 0 aliphatic rings. The minimum absolute atomic E-state index is 0.705. The second-order valence-electron chi connectivity index (χ2n) is 3.27. The van der Waals surface area contributed by atoms with Crippen LogP contribution in [0.5, 0.6) is 0 Å². The van der Waals surface area contributed by atoms with Gasteiger partial charge in [-0.15, -0.1) is 0 Å². The number of nitrogens with zero attached hydrogens (tertiary/aromatic N) is 1. The molecule has 0 aliphatic carbocycles. The number of carbonyl (C=O) groups is 1.